The van der Waals surface area contributed by atoms with Gasteiger partial charge in [0.05, 0.1) is 34.1 Å². The van der Waals surface area contributed by atoms with Crippen LogP contribution in [-0.2, 0) is 0 Å². The van der Waals surface area contributed by atoms with Crippen molar-refractivity contribution in [3.63, 3.8) is 0 Å². The van der Waals surface area contributed by atoms with Crippen molar-refractivity contribution in [2.45, 2.75) is 0 Å². The van der Waals surface area contributed by atoms with E-state index in [1.54, 1.807) is 28.4 Å². The monoisotopic (exact) mass is 1450 g/mol. The molecule has 8 nitrogen and oxygen atoms in total. The third kappa shape index (κ3) is 13.6. The highest BCUT2D eigenvalue weighted by Crippen LogP contribution is 2.54. The van der Waals surface area contributed by atoms with Gasteiger partial charge >= 0.3 is 0 Å². The zero-order valence-corrected chi connectivity index (χ0v) is 62.7. The molecule has 0 atom stereocenters. The maximum absolute atomic E-state index is 6.09. The lowest BCUT2D eigenvalue weighted by Gasteiger charge is -2.30. The topological polar surface area (TPSA) is 49.9 Å². The van der Waals surface area contributed by atoms with E-state index in [9.17, 15) is 0 Å². The van der Waals surface area contributed by atoms with E-state index in [1.807, 2.05) is 48.5 Å². The fraction of sp³-hybridized carbons (Fsp3) is 0.0385. The Morgan fingerprint density at radius 2 is 0.384 bits per heavy atom. The molecule has 112 heavy (non-hydrogen) atoms. The van der Waals surface area contributed by atoms with Crippen molar-refractivity contribution in [1.82, 2.24) is 0 Å². The van der Waals surface area contributed by atoms with E-state index >= 15 is 0 Å². The van der Waals surface area contributed by atoms with Gasteiger partial charge in [0.1, 0.15) is 23.0 Å². The molecular formula is C104H80N4O4. The average molecular weight is 1450 g/mol. The van der Waals surface area contributed by atoms with E-state index in [2.05, 4.69) is 384 Å². The minimum atomic E-state index is 0.816. The van der Waals surface area contributed by atoms with Crippen LogP contribution in [-0.4, -0.2) is 28.4 Å². The van der Waals surface area contributed by atoms with Gasteiger partial charge in [-0.25, -0.2) is 0 Å². The Bertz CT molecular complexity index is 6160. The lowest BCUT2D eigenvalue weighted by molar-refractivity contribution is 0.416. The van der Waals surface area contributed by atoms with Crippen LogP contribution in [0.3, 0.4) is 0 Å². The number of hydrogen-bond acceptors (Lipinski definition) is 8. The highest BCUT2D eigenvalue weighted by molar-refractivity contribution is 6.26. The summed E-state index contributed by atoms with van der Waals surface area (Å²) in [5.41, 5.74) is 21.5. The van der Waals surface area contributed by atoms with Crippen molar-refractivity contribution in [1.29, 1.82) is 0 Å². The molecule has 8 heteroatoms. The number of nitrogens with zero attached hydrogens (tertiary/aromatic N) is 4. The maximum Gasteiger partial charge on any atom is 0.126 e. The number of para-hydroxylation sites is 10. The Labute approximate surface area is 654 Å². The van der Waals surface area contributed by atoms with Gasteiger partial charge in [0.25, 0.3) is 0 Å². The molecule has 0 amide bonds. The van der Waals surface area contributed by atoms with Gasteiger partial charge in [-0.1, -0.05) is 249 Å². The Kier molecular flexibility index (Phi) is 20.2. The van der Waals surface area contributed by atoms with E-state index in [1.165, 1.54) is 0 Å². The third-order valence-electron chi connectivity index (χ3n) is 20.9. The maximum atomic E-state index is 6.09. The van der Waals surface area contributed by atoms with Gasteiger partial charge in [0.15, 0.2) is 0 Å². The molecule has 0 saturated carbocycles. The summed E-state index contributed by atoms with van der Waals surface area (Å²) < 4.78 is 24.1. The predicted octanol–water partition coefficient (Wildman–Crippen LogP) is 28.6. The molecule has 0 aromatic heterocycles. The first-order valence-corrected chi connectivity index (χ1v) is 37.7. The minimum Gasteiger partial charge on any atom is -0.496 e. The Morgan fingerprint density at radius 3 is 0.723 bits per heavy atom. The Hall–Kier alpha value is -14.6. The number of rotatable bonds is 20. The van der Waals surface area contributed by atoms with Crippen LogP contribution in [0.5, 0.6) is 23.0 Å². The lowest BCUT2D eigenvalue weighted by atomic mass is 9.84. The van der Waals surface area contributed by atoms with Crippen molar-refractivity contribution in [2.24, 2.45) is 0 Å². The summed E-state index contributed by atoms with van der Waals surface area (Å²) in [7, 11) is 6.98. The second kappa shape index (κ2) is 32.1. The third-order valence-corrected chi connectivity index (χ3v) is 20.9. The van der Waals surface area contributed by atoms with Gasteiger partial charge in [-0.15, -0.1) is 0 Å². The molecule has 18 aromatic carbocycles. The van der Waals surface area contributed by atoms with E-state index in [0.717, 1.165) is 179 Å². The average Bonchev–Trinajstić information content (AvgIpc) is 0.721. The Morgan fingerprint density at radius 1 is 0.161 bits per heavy atom. The van der Waals surface area contributed by atoms with Crippen LogP contribution in [0.2, 0.25) is 0 Å². The molecule has 0 aliphatic carbocycles. The van der Waals surface area contributed by atoms with Crippen molar-refractivity contribution in [2.75, 3.05) is 48.0 Å². The molecule has 0 fully saturated rings. The van der Waals surface area contributed by atoms with Crippen molar-refractivity contribution < 1.29 is 18.9 Å². The molecule has 0 radical (unpaired) electrons. The summed E-state index contributed by atoms with van der Waals surface area (Å²) in [6, 6.07) is 145. The van der Waals surface area contributed by atoms with Crippen LogP contribution in [0.4, 0.5) is 68.2 Å². The van der Waals surface area contributed by atoms with E-state index < -0.39 is 0 Å². The van der Waals surface area contributed by atoms with Crippen LogP contribution in [0, 0.1) is 0 Å². The van der Waals surface area contributed by atoms with Gasteiger partial charge in [0.2, 0.25) is 0 Å². The highest BCUT2D eigenvalue weighted by atomic mass is 16.5. The zero-order chi connectivity index (χ0) is 75.7. The van der Waals surface area contributed by atoms with Crippen LogP contribution in [0.15, 0.2) is 413 Å². The fourth-order valence-corrected chi connectivity index (χ4v) is 16.0. The van der Waals surface area contributed by atoms with Gasteiger partial charge in [-0.3, -0.25) is 0 Å². The second-order valence-corrected chi connectivity index (χ2v) is 27.2. The van der Waals surface area contributed by atoms with Crippen molar-refractivity contribution in [3.8, 4) is 67.5 Å². The van der Waals surface area contributed by atoms with Crippen molar-refractivity contribution in [3.05, 3.63) is 413 Å². The summed E-state index contributed by atoms with van der Waals surface area (Å²) in [6.45, 7) is 0. The zero-order valence-electron chi connectivity index (χ0n) is 62.7. The second-order valence-electron chi connectivity index (χ2n) is 27.2. The van der Waals surface area contributed by atoms with Gasteiger partial charge in [-0.05, 0) is 201 Å². The van der Waals surface area contributed by atoms with Gasteiger partial charge in [0, 0.05) is 112 Å². The number of hydrogen-bond donors (Lipinski definition) is 0. The molecular weight excluding hydrogens is 1370 g/mol. The summed E-state index contributed by atoms with van der Waals surface area (Å²) >= 11 is 0. The van der Waals surface area contributed by atoms with Crippen LogP contribution in [0.25, 0.3) is 87.6 Å². The first kappa shape index (κ1) is 70.4. The number of anilines is 12. The number of methoxy groups -OCH3 is 4. The first-order chi connectivity index (χ1) is 55.5. The molecule has 0 aliphatic rings. The summed E-state index contributed by atoms with van der Waals surface area (Å²) in [6.07, 6.45) is 0. The number of fused-ring (bicyclic) bond motifs is 4. The predicted molar refractivity (Wildman–Crippen MR) is 470 cm³/mol. The highest BCUT2D eigenvalue weighted by Gasteiger charge is 2.28. The molecule has 0 aliphatic heterocycles. The molecule has 540 valence electrons. The summed E-state index contributed by atoms with van der Waals surface area (Å²) in [4.78, 5) is 9.29. The van der Waals surface area contributed by atoms with Gasteiger partial charge < -0.3 is 38.5 Å². The molecule has 0 bridgehead atoms. The SMILES string of the molecule is COc1ccccc1-c1c2ccccc2c(-c2ccccc2OC)c2c(N(c3ccccc3)c3ccc(N(c4ccccc4)c4ccccc4)cc3)cccc12.COc1ccccc1-c1c2ccccc2c(-c2ccccc2OC)c2cc(N(c3ccccc3)c3ccc(N(c4ccccc4)c4ccccc4)cc3)ccc12. The number of ether oxygens (including phenoxy) is 4. The molecule has 0 spiro atoms. The van der Waals surface area contributed by atoms with Crippen LogP contribution < -0.4 is 38.5 Å². The van der Waals surface area contributed by atoms with Crippen molar-refractivity contribution >= 4 is 111 Å². The summed E-state index contributed by atoms with van der Waals surface area (Å²) in [5.74, 6) is 3.30. The van der Waals surface area contributed by atoms with E-state index in [-0.39, 0.29) is 0 Å². The molecule has 0 saturated heterocycles. The van der Waals surface area contributed by atoms with Gasteiger partial charge in [-0.2, -0.15) is 0 Å². The van der Waals surface area contributed by atoms with Crippen LogP contribution >= 0.6 is 0 Å². The van der Waals surface area contributed by atoms with Crippen LogP contribution in [0.1, 0.15) is 0 Å². The molecule has 18 aromatic rings. The normalized spacial score (nSPS) is 11.0. The molecule has 18 rings (SSSR count). The summed E-state index contributed by atoms with van der Waals surface area (Å²) in [5, 5.41) is 9.02. The van der Waals surface area contributed by atoms with E-state index in [0.29, 0.717) is 0 Å². The lowest BCUT2D eigenvalue weighted by Crippen LogP contribution is -2.12. The molecule has 0 N–H and O–H groups in total. The Balaban J connectivity index is 0.000000163. The van der Waals surface area contributed by atoms with E-state index in [4.69, 9.17) is 18.9 Å². The fourth-order valence-electron chi connectivity index (χ4n) is 16.0. The molecule has 0 unspecified atom stereocenters. The quantitative estimate of drug-likeness (QED) is 0.0700. The smallest absolute Gasteiger partial charge is 0.126 e. The standard InChI is InChI=1S/2C52H40N2O2/c1-55-48-31-16-14-27-44(48)50-42-25-12-13-26-43(42)51(45-28-15-17-32-49(45)56-2)52-46(50)29-18-30-47(52)54(39-23-10-5-11-24-39)41-35-33-40(34-36-41)53(37-19-6-3-7-20-37)38-21-8-4-9-22-38;1-55-49-28-16-14-26-46(49)51-43-24-12-13-25-44(43)52(47-27-15-17-29-50(47)56-2)48-36-42(34-35-45(48)51)54(39-22-10-5-11-23-39)41-32-30-40(31-33-41)53(37-18-6-3-7-19-37)38-20-8-4-9-21-38/h2*3-36H,1-2H3. The largest absolute Gasteiger partial charge is 0.496 e. The first-order valence-electron chi connectivity index (χ1n) is 37.7. The number of benzene rings is 18. The molecule has 0 heterocycles. The minimum absolute atomic E-state index is 0.816.